The van der Waals surface area contributed by atoms with Crippen molar-refractivity contribution in [1.82, 2.24) is 9.29 Å². The molecule has 0 bridgehead atoms. The van der Waals surface area contributed by atoms with E-state index in [-0.39, 0.29) is 5.75 Å². The Hall–Kier alpha value is -2.37. The van der Waals surface area contributed by atoms with Gasteiger partial charge in [0.25, 0.3) is 0 Å². The average molecular weight is 360 g/mol. The summed E-state index contributed by atoms with van der Waals surface area (Å²) in [6.45, 7) is 3.49. The molecule has 25 heavy (non-hydrogen) atoms. The van der Waals surface area contributed by atoms with Crippen molar-refractivity contribution in [3.8, 4) is 11.8 Å². The maximum Gasteiger partial charge on any atom is 0.213 e. The van der Waals surface area contributed by atoms with E-state index in [4.69, 9.17) is 4.74 Å². The topological polar surface area (TPSA) is 86.5 Å². The zero-order valence-corrected chi connectivity index (χ0v) is 15.1. The number of sulfonamides is 1. The van der Waals surface area contributed by atoms with E-state index >= 15 is 0 Å². The quantitative estimate of drug-likeness (QED) is 0.823. The Kier molecular flexibility index (Phi) is 4.79. The second kappa shape index (κ2) is 6.86. The number of fused-ring (bicyclic) bond motifs is 1. The number of aromatic nitrogens is 1. The number of hydrogen-bond acceptors (Lipinski definition) is 6. The van der Waals surface area contributed by atoms with Gasteiger partial charge >= 0.3 is 0 Å². The van der Waals surface area contributed by atoms with Gasteiger partial charge in [-0.2, -0.15) is 9.57 Å². The molecule has 1 saturated heterocycles. The molecular weight excluding hydrogens is 340 g/mol. The number of ether oxygens (including phenoxy) is 1. The van der Waals surface area contributed by atoms with Gasteiger partial charge in [0.2, 0.25) is 10.0 Å². The minimum atomic E-state index is -3.18. The van der Waals surface area contributed by atoms with Crippen molar-refractivity contribution in [2.24, 2.45) is 0 Å². The highest BCUT2D eigenvalue weighted by Gasteiger charge is 2.27. The molecule has 0 N–H and O–H groups in total. The number of hydrogen-bond donors (Lipinski definition) is 0. The van der Waals surface area contributed by atoms with Crippen LogP contribution in [-0.2, 0) is 10.0 Å². The van der Waals surface area contributed by atoms with Crippen LogP contribution in [0.2, 0.25) is 0 Å². The number of anilines is 1. The Labute approximate surface area is 147 Å². The lowest BCUT2D eigenvalue weighted by atomic mass is 10.1. The maximum atomic E-state index is 12.0. The minimum Gasteiger partial charge on any atom is -0.497 e. The number of nitrogens with zero attached hydrogens (tertiary/aromatic N) is 4. The summed E-state index contributed by atoms with van der Waals surface area (Å²) >= 11 is 0. The van der Waals surface area contributed by atoms with Gasteiger partial charge in [-0.3, -0.25) is 0 Å². The molecule has 0 spiro atoms. The van der Waals surface area contributed by atoms with Gasteiger partial charge in [-0.1, -0.05) is 0 Å². The second-order valence-electron chi connectivity index (χ2n) is 5.82. The molecule has 0 amide bonds. The molecule has 0 aliphatic carbocycles. The maximum absolute atomic E-state index is 12.0. The van der Waals surface area contributed by atoms with Crippen LogP contribution in [0.4, 0.5) is 5.82 Å². The van der Waals surface area contributed by atoms with Crippen molar-refractivity contribution in [3.05, 3.63) is 29.8 Å². The molecule has 0 unspecified atom stereocenters. The van der Waals surface area contributed by atoms with Crippen molar-refractivity contribution < 1.29 is 13.2 Å². The zero-order valence-electron chi connectivity index (χ0n) is 14.3. The summed E-state index contributed by atoms with van der Waals surface area (Å²) in [5.41, 5.74) is 1.26. The first-order chi connectivity index (χ1) is 12.0. The van der Waals surface area contributed by atoms with Crippen LogP contribution >= 0.6 is 0 Å². The number of piperazine rings is 1. The molecule has 0 atom stereocenters. The van der Waals surface area contributed by atoms with E-state index < -0.39 is 10.0 Å². The summed E-state index contributed by atoms with van der Waals surface area (Å²) in [4.78, 5) is 6.61. The summed E-state index contributed by atoms with van der Waals surface area (Å²) in [6, 6.07) is 9.53. The fraction of sp³-hybridized carbons (Fsp3) is 0.412. The molecule has 0 saturated carbocycles. The average Bonchev–Trinajstić information content (AvgIpc) is 2.66. The fourth-order valence-corrected chi connectivity index (χ4v) is 4.04. The second-order valence-corrected chi connectivity index (χ2v) is 8.07. The van der Waals surface area contributed by atoms with Crippen LogP contribution in [0.3, 0.4) is 0 Å². The predicted molar refractivity (Wildman–Crippen MR) is 96.3 cm³/mol. The van der Waals surface area contributed by atoms with E-state index in [1.165, 1.54) is 4.31 Å². The molecule has 1 aromatic heterocycles. The highest BCUT2D eigenvalue weighted by atomic mass is 32.2. The summed E-state index contributed by atoms with van der Waals surface area (Å²) in [6.07, 6.45) is 0. The lowest BCUT2D eigenvalue weighted by molar-refractivity contribution is 0.384. The SMILES string of the molecule is CCS(=O)(=O)N1CCN(c2nc3ccc(OC)cc3cc2C#N)CC1. The van der Waals surface area contributed by atoms with Crippen LogP contribution in [-0.4, -0.2) is 56.7 Å². The van der Waals surface area contributed by atoms with E-state index in [0.717, 1.165) is 10.9 Å². The molecule has 0 radical (unpaired) electrons. The first-order valence-electron chi connectivity index (χ1n) is 8.10. The number of benzene rings is 1. The van der Waals surface area contributed by atoms with Crippen LogP contribution < -0.4 is 9.64 Å². The molecule has 1 aliphatic rings. The van der Waals surface area contributed by atoms with Gasteiger partial charge in [-0.15, -0.1) is 0 Å². The van der Waals surface area contributed by atoms with Crippen molar-refractivity contribution in [3.63, 3.8) is 0 Å². The summed E-state index contributed by atoms with van der Waals surface area (Å²) in [5, 5.41) is 10.3. The van der Waals surface area contributed by atoms with Gasteiger partial charge in [0.15, 0.2) is 0 Å². The van der Waals surface area contributed by atoms with E-state index in [9.17, 15) is 13.7 Å². The standard InChI is InChI=1S/C17H20N4O3S/c1-3-25(22,23)21-8-6-20(7-9-21)17-14(12-18)10-13-11-15(24-2)4-5-16(13)19-17/h4-5,10-11H,3,6-9H2,1-2H3. The molecule has 2 aromatic rings. The zero-order chi connectivity index (χ0) is 18.0. The van der Waals surface area contributed by atoms with Crippen LogP contribution in [0.25, 0.3) is 10.9 Å². The third-order valence-corrected chi connectivity index (χ3v) is 6.30. The van der Waals surface area contributed by atoms with Gasteiger partial charge in [-0.25, -0.2) is 13.4 Å². The molecule has 7 nitrogen and oxygen atoms in total. The summed E-state index contributed by atoms with van der Waals surface area (Å²) in [7, 11) is -1.58. The molecule has 2 heterocycles. The molecule has 8 heteroatoms. The smallest absolute Gasteiger partial charge is 0.213 e. The van der Waals surface area contributed by atoms with E-state index in [1.807, 2.05) is 23.1 Å². The number of methoxy groups -OCH3 is 1. The Balaban J connectivity index is 1.90. The number of pyridine rings is 1. The summed E-state index contributed by atoms with van der Waals surface area (Å²) in [5.74, 6) is 1.42. The van der Waals surface area contributed by atoms with Crippen LogP contribution in [0.15, 0.2) is 24.3 Å². The predicted octanol–water partition coefficient (Wildman–Crippen LogP) is 1.59. The van der Waals surface area contributed by atoms with Crippen LogP contribution in [0.5, 0.6) is 5.75 Å². The molecule has 1 aromatic carbocycles. The largest absolute Gasteiger partial charge is 0.497 e. The number of rotatable bonds is 4. The van der Waals surface area contributed by atoms with Crippen molar-refractivity contribution >= 4 is 26.7 Å². The van der Waals surface area contributed by atoms with Crippen LogP contribution in [0, 0.1) is 11.3 Å². The van der Waals surface area contributed by atoms with E-state index in [2.05, 4.69) is 11.1 Å². The first kappa shape index (κ1) is 17.5. The van der Waals surface area contributed by atoms with Gasteiger partial charge < -0.3 is 9.64 Å². The highest BCUT2D eigenvalue weighted by molar-refractivity contribution is 7.89. The normalized spacial score (nSPS) is 16.0. The van der Waals surface area contributed by atoms with Gasteiger partial charge in [-0.05, 0) is 31.2 Å². The molecular formula is C17H20N4O3S. The van der Waals surface area contributed by atoms with Gasteiger partial charge in [0.1, 0.15) is 17.6 Å². The van der Waals surface area contributed by atoms with Gasteiger partial charge in [0.05, 0.1) is 23.9 Å². The Bertz CT molecular complexity index is 929. The number of nitriles is 1. The Morgan fingerprint density at radius 1 is 1.24 bits per heavy atom. The summed E-state index contributed by atoms with van der Waals surface area (Å²) < 4.78 is 30.7. The van der Waals surface area contributed by atoms with Crippen molar-refractivity contribution in [2.45, 2.75) is 6.92 Å². The van der Waals surface area contributed by atoms with E-state index in [0.29, 0.717) is 43.3 Å². The third kappa shape index (κ3) is 3.38. The lowest BCUT2D eigenvalue weighted by Crippen LogP contribution is -2.49. The molecule has 1 fully saturated rings. The van der Waals surface area contributed by atoms with Gasteiger partial charge in [0, 0.05) is 31.6 Å². The third-order valence-electron chi connectivity index (χ3n) is 4.42. The molecule has 1 aliphatic heterocycles. The fourth-order valence-electron chi connectivity index (χ4n) is 2.96. The molecule has 132 valence electrons. The Morgan fingerprint density at radius 3 is 2.56 bits per heavy atom. The Morgan fingerprint density at radius 2 is 1.96 bits per heavy atom. The van der Waals surface area contributed by atoms with Crippen molar-refractivity contribution in [2.75, 3.05) is 43.9 Å². The monoisotopic (exact) mass is 360 g/mol. The van der Waals surface area contributed by atoms with Crippen molar-refractivity contribution in [1.29, 1.82) is 5.26 Å². The lowest BCUT2D eigenvalue weighted by Gasteiger charge is -2.34. The molecule has 3 rings (SSSR count). The first-order valence-corrected chi connectivity index (χ1v) is 9.71. The van der Waals surface area contributed by atoms with Crippen LogP contribution in [0.1, 0.15) is 12.5 Å². The van der Waals surface area contributed by atoms with E-state index in [1.54, 1.807) is 20.1 Å². The highest BCUT2D eigenvalue weighted by Crippen LogP contribution is 2.27. The minimum absolute atomic E-state index is 0.104.